The number of ketones is 2. The number of hydrogen-bond acceptors (Lipinski definition) is 2. The summed E-state index contributed by atoms with van der Waals surface area (Å²) >= 11 is 0. The second-order valence-corrected chi connectivity index (χ2v) is 7.73. The fourth-order valence-corrected chi connectivity index (χ4v) is 3.44. The molecule has 0 heterocycles. The molecule has 0 radical (unpaired) electrons. The first-order valence-corrected chi connectivity index (χ1v) is 10.5. The highest BCUT2D eigenvalue weighted by molar-refractivity contribution is 6.11. The van der Waals surface area contributed by atoms with E-state index in [0.29, 0.717) is 33.4 Å². The molecule has 2 heteroatoms. The highest BCUT2D eigenvalue weighted by Crippen LogP contribution is 2.17. The van der Waals surface area contributed by atoms with E-state index in [1.54, 1.807) is 12.1 Å². The van der Waals surface area contributed by atoms with Crippen LogP contribution in [0.4, 0.5) is 0 Å². The molecule has 0 spiro atoms. The van der Waals surface area contributed by atoms with Crippen LogP contribution in [-0.4, -0.2) is 11.6 Å². The van der Waals surface area contributed by atoms with Gasteiger partial charge in [-0.2, -0.15) is 0 Å². The minimum Gasteiger partial charge on any atom is -0.289 e. The van der Waals surface area contributed by atoms with Crippen molar-refractivity contribution in [1.29, 1.82) is 0 Å². The minimum absolute atomic E-state index is 0.0704. The molecule has 0 aliphatic rings. The van der Waals surface area contributed by atoms with Gasteiger partial charge in [0, 0.05) is 33.4 Å². The number of benzene rings is 4. The standard InChI is InChI=1S/C30H22O2/c1-21-11-15-25(16-12-21)29(31)27-9-5-3-7-23(27)19-20-24-8-4-6-10-28(24)30(32)26-17-13-22(2)14-18-26/h3-18H,1-2H3. The van der Waals surface area contributed by atoms with Crippen LogP contribution in [0.2, 0.25) is 0 Å². The molecule has 0 aromatic heterocycles. The lowest BCUT2D eigenvalue weighted by molar-refractivity contribution is 0.103. The van der Waals surface area contributed by atoms with Gasteiger partial charge in [0.25, 0.3) is 0 Å². The van der Waals surface area contributed by atoms with Gasteiger partial charge in [0.15, 0.2) is 11.6 Å². The number of carbonyl (C=O) groups excluding carboxylic acids is 2. The monoisotopic (exact) mass is 414 g/mol. The van der Waals surface area contributed by atoms with Crippen molar-refractivity contribution < 1.29 is 9.59 Å². The lowest BCUT2D eigenvalue weighted by atomic mass is 9.96. The van der Waals surface area contributed by atoms with E-state index in [0.717, 1.165) is 11.1 Å². The third-order valence-corrected chi connectivity index (χ3v) is 5.30. The van der Waals surface area contributed by atoms with E-state index in [4.69, 9.17) is 0 Å². The molecule has 4 rings (SSSR count). The van der Waals surface area contributed by atoms with E-state index in [9.17, 15) is 9.59 Å². The molecule has 0 aliphatic carbocycles. The van der Waals surface area contributed by atoms with Crippen molar-refractivity contribution in [3.63, 3.8) is 0 Å². The smallest absolute Gasteiger partial charge is 0.194 e. The number of hydrogen-bond donors (Lipinski definition) is 0. The van der Waals surface area contributed by atoms with Gasteiger partial charge >= 0.3 is 0 Å². The van der Waals surface area contributed by atoms with Crippen molar-refractivity contribution >= 4 is 11.6 Å². The zero-order valence-corrected chi connectivity index (χ0v) is 18.1. The topological polar surface area (TPSA) is 34.1 Å². The van der Waals surface area contributed by atoms with Crippen LogP contribution in [0.3, 0.4) is 0 Å². The molecule has 0 bridgehead atoms. The van der Waals surface area contributed by atoms with Gasteiger partial charge in [-0.15, -0.1) is 0 Å². The van der Waals surface area contributed by atoms with Gasteiger partial charge in [0.2, 0.25) is 0 Å². The van der Waals surface area contributed by atoms with Crippen LogP contribution in [0.5, 0.6) is 0 Å². The normalized spacial score (nSPS) is 10.2. The maximum atomic E-state index is 13.1. The summed E-state index contributed by atoms with van der Waals surface area (Å²) in [7, 11) is 0. The molecule has 0 unspecified atom stereocenters. The molecule has 4 aromatic carbocycles. The summed E-state index contributed by atoms with van der Waals surface area (Å²) in [5.41, 5.74) is 5.82. The fourth-order valence-electron chi connectivity index (χ4n) is 3.44. The Hall–Kier alpha value is -4.22. The SMILES string of the molecule is Cc1ccc(C(=O)c2ccccc2C#Cc2ccccc2C(=O)c2ccc(C)cc2)cc1. The molecule has 2 nitrogen and oxygen atoms in total. The van der Waals surface area contributed by atoms with Crippen molar-refractivity contribution in [1.82, 2.24) is 0 Å². The largest absolute Gasteiger partial charge is 0.289 e. The van der Waals surface area contributed by atoms with Crippen LogP contribution >= 0.6 is 0 Å². The zero-order valence-electron chi connectivity index (χ0n) is 18.1. The van der Waals surface area contributed by atoms with Gasteiger partial charge < -0.3 is 0 Å². The lowest BCUT2D eigenvalue weighted by Gasteiger charge is -2.06. The van der Waals surface area contributed by atoms with Crippen molar-refractivity contribution in [2.45, 2.75) is 13.8 Å². The van der Waals surface area contributed by atoms with E-state index in [-0.39, 0.29) is 11.6 Å². The summed E-state index contributed by atoms with van der Waals surface area (Å²) in [5.74, 6) is 6.11. The van der Waals surface area contributed by atoms with Crippen LogP contribution in [0.1, 0.15) is 54.1 Å². The van der Waals surface area contributed by atoms with Crippen molar-refractivity contribution in [2.75, 3.05) is 0 Å². The van der Waals surface area contributed by atoms with E-state index < -0.39 is 0 Å². The van der Waals surface area contributed by atoms with Crippen LogP contribution in [0.15, 0.2) is 97.1 Å². The zero-order chi connectivity index (χ0) is 22.5. The Labute approximate surface area is 188 Å². The third kappa shape index (κ3) is 4.58. The van der Waals surface area contributed by atoms with Gasteiger partial charge in [0.1, 0.15) is 0 Å². The summed E-state index contributed by atoms with van der Waals surface area (Å²) in [6, 6.07) is 29.7. The molecular formula is C30H22O2. The second-order valence-electron chi connectivity index (χ2n) is 7.73. The molecule has 0 amide bonds. The second kappa shape index (κ2) is 9.29. The van der Waals surface area contributed by atoms with Crippen molar-refractivity contribution in [2.24, 2.45) is 0 Å². The molecular weight excluding hydrogens is 392 g/mol. The quantitative estimate of drug-likeness (QED) is 0.296. The minimum atomic E-state index is -0.0704. The summed E-state index contributed by atoms with van der Waals surface area (Å²) in [4.78, 5) is 26.1. The Kier molecular flexibility index (Phi) is 6.10. The molecule has 0 aliphatic heterocycles. The van der Waals surface area contributed by atoms with E-state index in [1.165, 1.54) is 0 Å². The van der Waals surface area contributed by atoms with Gasteiger partial charge in [-0.05, 0) is 38.1 Å². The Balaban J connectivity index is 1.70. The summed E-state index contributed by atoms with van der Waals surface area (Å²) in [5, 5.41) is 0. The van der Waals surface area contributed by atoms with Gasteiger partial charge in [0.05, 0.1) is 0 Å². The lowest BCUT2D eigenvalue weighted by Crippen LogP contribution is -2.05. The maximum absolute atomic E-state index is 13.1. The highest BCUT2D eigenvalue weighted by atomic mass is 16.1. The first-order chi connectivity index (χ1) is 15.5. The van der Waals surface area contributed by atoms with Gasteiger partial charge in [-0.3, -0.25) is 9.59 Å². The first kappa shape index (κ1) is 21.0. The van der Waals surface area contributed by atoms with Crippen LogP contribution in [0, 0.1) is 25.7 Å². The predicted molar refractivity (Wildman–Crippen MR) is 128 cm³/mol. The average molecular weight is 415 g/mol. The number of carbonyl (C=O) groups is 2. The maximum Gasteiger partial charge on any atom is 0.194 e. The molecule has 154 valence electrons. The van der Waals surface area contributed by atoms with Crippen LogP contribution in [0.25, 0.3) is 0 Å². The molecule has 0 saturated heterocycles. The summed E-state index contributed by atoms with van der Waals surface area (Å²) in [6.45, 7) is 3.98. The highest BCUT2D eigenvalue weighted by Gasteiger charge is 2.14. The molecule has 4 aromatic rings. The van der Waals surface area contributed by atoms with Crippen LogP contribution in [-0.2, 0) is 0 Å². The summed E-state index contributed by atoms with van der Waals surface area (Å²) in [6.07, 6.45) is 0. The van der Waals surface area contributed by atoms with Gasteiger partial charge in [-0.25, -0.2) is 0 Å². The van der Waals surface area contributed by atoms with Crippen LogP contribution < -0.4 is 0 Å². The van der Waals surface area contributed by atoms with E-state index in [2.05, 4.69) is 11.8 Å². The van der Waals surface area contributed by atoms with Crippen molar-refractivity contribution in [3.05, 3.63) is 142 Å². The Morgan fingerprint density at radius 3 is 1.22 bits per heavy atom. The van der Waals surface area contributed by atoms with E-state index >= 15 is 0 Å². The molecule has 0 atom stereocenters. The summed E-state index contributed by atoms with van der Waals surface area (Å²) < 4.78 is 0. The van der Waals surface area contributed by atoms with E-state index in [1.807, 2.05) is 98.8 Å². The predicted octanol–water partition coefficient (Wildman–Crippen LogP) is 6.17. The van der Waals surface area contributed by atoms with Crippen molar-refractivity contribution in [3.8, 4) is 11.8 Å². The molecule has 0 saturated carbocycles. The fraction of sp³-hybridized carbons (Fsp3) is 0.0667. The average Bonchev–Trinajstić information content (AvgIpc) is 2.83. The Bertz CT molecular complexity index is 1240. The Morgan fingerprint density at radius 2 is 0.844 bits per heavy atom. The third-order valence-electron chi connectivity index (χ3n) is 5.30. The van der Waals surface area contributed by atoms with Gasteiger partial charge in [-0.1, -0.05) is 95.8 Å². The number of aryl methyl sites for hydroxylation is 2. The Morgan fingerprint density at radius 1 is 0.500 bits per heavy atom. The molecule has 0 fully saturated rings. The first-order valence-electron chi connectivity index (χ1n) is 10.5. The molecule has 32 heavy (non-hydrogen) atoms. The number of rotatable bonds is 4. The molecule has 0 N–H and O–H groups in total.